The molecule has 5 nitrogen and oxygen atoms in total. The summed E-state index contributed by atoms with van der Waals surface area (Å²) in [6.07, 6.45) is 7.95. The Morgan fingerprint density at radius 2 is 1.87 bits per heavy atom. The zero-order valence-corrected chi connectivity index (χ0v) is 16.3. The van der Waals surface area contributed by atoms with Crippen molar-refractivity contribution >= 4 is 35.6 Å². The van der Waals surface area contributed by atoms with Crippen LogP contribution in [0.25, 0.3) is 0 Å². The molecule has 0 bridgehead atoms. The first-order chi connectivity index (χ1) is 10.7. The summed E-state index contributed by atoms with van der Waals surface area (Å²) in [6.45, 7) is 0.788. The Morgan fingerprint density at radius 1 is 1.17 bits per heavy atom. The summed E-state index contributed by atoms with van der Waals surface area (Å²) in [5, 5.41) is 3.10. The van der Waals surface area contributed by atoms with Crippen LogP contribution in [0.4, 0.5) is 5.69 Å². The monoisotopic (exact) mass is 433 g/mol. The number of hydrogen-bond acceptors (Lipinski definition) is 3. The van der Waals surface area contributed by atoms with Crippen LogP contribution in [-0.4, -0.2) is 26.7 Å². The third-order valence-corrected chi connectivity index (χ3v) is 4.20. The SMILES string of the molecule is COc1ccc(NC(N)=NCCC2CCCCC2)cc1OC.I. The van der Waals surface area contributed by atoms with E-state index in [1.807, 2.05) is 18.2 Å². The summed E-state index contributed by atoms with van der Waals surface area (Å²) in [4.78, 5) is 4.42. The molecule has 6 heteroatoms. The molecule has 0 saturated heterocycles. The van der Waals surface area contributed by atoms with E-state index in [-0.39, 0.29) is 24.0 Å². The van der Waals surface area contributed by atoms with Gasteiger partial charge in [-0.15, -0.1) is 24.0 Å². The first kappa shape index (κ1) is 19.9. The van der Waals surface area contributed by atoms with E-state index in [4.69, 9.17) is 15.2 Å². The molecule has 0 aliphatic heterocycles. The van der Waals surface area contributed by atoms with Crippen molar-refractivity contribution < 1.29 is 9.47 Å². The maximum absolute atomic E-state index is 5.95. The van der Waals surface area contributed by atoms with Crippen LogP contribution in [0.1, 0.15) is 38.5 Å². The number of nitrogens with zero attached hydrogens (tertiary/aromatic N) is 1. The third kappa shape index (κ3) is 6.45. The Morgan fingerprint density at radius 3 is 2.52 bits per heavy atom. The molecule has 1 aliphatic rings. The van der Waals surface area contributed by atoms with Gasteiger partial charge in [-0.25, -0.2) is 0 Å². The Balaban J connectivity index is 0.00000264. The molecule has 2 rings (SSSR count). The minimum Gasteiger partial charge on any atom is -0.493 e. The molecule has 130 valence electrons. The lowest BCUT2D eigenvalue weighted by Gasteiger charge is -2.20. The molecule has 0 radical (unpaired) electrons. The number of hydrogen-bond donors (Lipinski definition) is 2. The summed E-state index contributed by atoms with van der Waals surface area (Å²) in [7, 11) is 3.23. The lowest BCUT2D eigenvalue weighted by Crippen LogP contribution is -2.23. The average molecular weight is 433 g/mol. The smallest absolute Gasteiger partial charge is 0.193 e. The van der Waals surface area contributed by atoms with Crippen molar-refractivity contribution in [2.45, 2.75) is 38.5 Å². The number of aliphatic imine (C=N–C) groups is 1. The van der Waals surface area contributed by atoms with Gasteiger partial charge in [0.1, 0.15) is 0 Å². The molecule has 0 amide bonds. The molecule has 1 aliphatic carbocycles. The van der Waals surface area contributed by atoms with Gasteiger partial charge in [0.05, 0.1) is 14.2 Å². The molecule has 23 heavy (non-hydrogen) atoms. The standard InChI is InChI=1S/C17H27N3O2.HI/c1-21-15-9-8-14(12-16(15)22-2)20-17(18)19-11-10-13-6-4-3-5-7-13;/h8-9,12-13H,3-7,10-11H2,1-2H3,(H3,18,19,20);1H. The van der Waals surface area contributed by atoms with Gasteiger partial charge in [0.2, 0.25) is 0 Å². The molecular weight excluding hydrogens is 405 g/mol. The van der Waals surface area contributed by atoms with Crippen molar-refractivity contribution in [1.29, 1.82) is 0 Å². The second-order valence-electron chi connectivity index (χ2n) is 5.75. The maximum atomic E-state index is 5.95. The van der Waals surface area contributed by atoms with E-state index in [1.165, 1.54) is 32.1 Å². The minimum absolute atomic E-state index is 0. The van der Waals surface area contributed by atoms with Crippen LogP contribution < -0.4 is 20.5 Å². The van der Waals surface area contributed by atoms with E-state index < -0.39 is 0 Å². The summed E-state index contributed by atoms with van der Waals surface area (Å²) in [5.41, 5.74) is 6.79. The normalized spacial score (nSPS) is 15.7. The molecule has 1 fully saturated rings. The topological polar surface area (TPSA) is 68.9 Å². The number of benzene rings is 1. The molecular formula is C17H28IN3O2. The molecule has 1 saturated carbocycles. The highest BCUT2D eigenvalue weighted by Gasteiger charge is 2.12. The second-order valence-corrected chi connectivity index (χ2v) is 5.75. The van der Waals surface area contributed by atoms with Gasteiger partial charge >= 0.3 is 0 Å². The van der Waals surface area contributed by atoms with Crippen LogP contribution in [0, 0.1) is 5.92 Å². The number of nitrogens with two attached hydrogens (primary N) is 1. The van der Waals surface area contributed by atoms with E-state index >= 15 is 0 Å². The summed E-state index contributed by atoms with van der Waals surface area (Å²) < 4.78 is 10.5. The summed E-state index contributed by atoms with van der Waals surface area (Å²) >= 11 is 0. The fraction of sp³-hybridized carbons (Fsp3) is 0.588. The van der Waals surface area contributed by atoms with Gasteiger partial charge in [0, 0.05) is 18.3 Å². The van der Waals surface area contributed by atoms with Gasteiger partial charge in [-0.2, -0.15) is 0 Å². The van der Waals surface area contributed by atoms with Crippen LogP contribution in [-0.2, 0) is 0 Å². The predicted octanol–water partition coefficient (Wildman–Crippen LogP) is 4.02. The van der Waals surface area contributed by atoms with E-state index in [0.717, 1.165) is 24.6 Å². The van der Waals surface area contributed by atoms with E-state index in [0.29, 0.717) is 17.5 Å². The first-order valence-electron chi connectivity index (χ1n) is 8.02. The highest BCUT2D eigenvalue weighted by atomic mass is 127. The molecule has 1 aromatic carbocycles. The van der Waals surface area contributed by atoms with Gasteiger partial charge < -0.3 is 20.5 Å². The number of guanidine groups is 1. The van der Waals surface area contributed by atoms with Crippen LogP contribution in [0.2, 0.25) is 0 Å². The number of methoxy groups -OCH3 is 2. The van der Waals surface area contributed by atoms with E-state index in [2.05, 4.69) is 10.3 Å². The highest BCUT2D eigenvalue weighted by Crippen LogP contribution is 2.29. The van der Waals surface area contributed by atoms with Gasteiger partial charge in [-0.1, -0.05) is 32.1 Å². The zero-order chi connectivity index (χ0) is 15.8. The van der Waals surface area contributed by atoms with Gasteiger partial charge in [-0.05, 0) is 24.5 Å². The van der Waals surface area contributed by atoms with Gasteiger partial charge in [0.15, 0.2) is 17.5 Å². The lowest BCUT2D eigenvalue weighted by atomic mass is 9.87. The van der Waals surface area contributed by atoms with E-state index in [1.54, 1.807) is 14.2 Å². The number of halogens is 1. The molecule has 3 N–H and O–H groups in total. The second kappa shape index (κ2) is 10.6. The van der Waals surface area contributed by atoms with Crippen molar-refractivity contribution in [2.75, 3.05) is 26.1 Å². The van der Waals surface area contributed by atoms with Crippen LogP contribution in [0.5, 0.6) is 11.5 Å². The zero-order valence-electron chi connectivity index (χ0n) is 14.0. The Hall–Kier alpha value is -1.18. The Kier molecular flexibility index (Phi) is 9.13. The van der Waals surface area contributed by atoms with Crippen molar-refractivity contribution in [1.82, 2.24) is 0 Å². The van der Waals surface area contributed by atoms with Crippen LogP contribution in [0.15, 0.2) is 23.2 Å². The van der Waals surface area contributed by atoms with Crippen LogP contribution >= 0.6 is 24.0 Å². The van der Waals surface area contributed by atoms with Crippen LogP contribution in [0.3, 0.4) is 0 Å². The number of nitrogens with one attached hydrogen (secondary N) is 1. The third-order valence-electron chi connectivity index (χ3n) is 4.20. The van der Waals surface area contributed by atoms with Crippen molar-refractivity contribution in [3.8, 4) is 11.5 Å². The number of ether oxygens (including phenoxy) is 2. The quantitative estimate of drug-likeness (QED) is 0.404. The summed E-state index contributed by atoms with van der Waals surface area (Å²) in [5.74, 6) is 2.64. The fourth-order valence-electron chi connectivity index (χ4n) is 2.94. The van der Waals surface area contributed by atoms with Gasteiger partial charge in [0.25, 0.3) is 0 Å². The predicted molar refractivity (Wildman–Crippen MR) is 106 cm³/mol. The number of rotatable bonds is 6. The number of anilines is 1. The molecule has 0 spiro atoms. The van der Waals surface area contributed by atoms with Crippen molar-refractivity contribution in [3.63, 3.8) is 0 Å². The molecule has 0 unspecified atom stereocenters. The van der Waals surface area contributed by atoms with Gasteiger partial charge in [-0.3, -0.25) is 4.99 Å². The molecule has 1 aromatic rings. The molecule has 0 atom stereocenters. The largest absolute Gasteiger partial charge is 0.493 e. The molecule has 0 aromatic heterocycles. The lowest BCUT2D eigenvalue weighted by molar-refractivity contribution is 0.343. The summed E-state index contributed by atoms with van der Waals surface area (Å²) in [6, 6.07) is 5.59. The highest BCUT2D eigenvalue weighted by molar-refractivity contribution is 14.0. The Bertz CT molecular complexity index is 503. The minimum atomic E-state index is 0. The fourth-order valence-corrected chi connectivity index (χ4v) is 2.94. The average Bonchev–Trinajstić information content (AvgIpc) is 2.55. The maximum Gasteiger partial charge on any atom is 0.193 e. The van der Waals surface area contributed by atoms with Crippen molar-refractivity contribution in [2.24, 2.45) is 16.6 Å². The van der Waals surface area contributed by atoms with E-state index in [9.17, 15) is 0 Å². The Labute approximate surface area is 156 Å². The molecule has 0 heterocycles. The van der Waals surface area contributed by atoms with Crippen molar-refractivity contribution in [3.05, 3.63) is 18.2 Å². The first-order valence-corrected chi connectivity index (χ1v) is 8.02.